The normalized spacial score (nSPS) is 11.7. The molecule has 0 saturated carbocycles. The highest BCUT2D eigenvalue weighted by Crippen LogP contribution is 2.40. The summed E-state index contributed by atoms with van der Waals surface area (Å²) in [5.74, 6) is 1.79. The Balaban J connectivity index is 1.26. The van der Waals surface area contributed by atoms with Gasteiger partial charge in [-0.2, -0.15) is 0 Å². The molecule has 0 amide bonds. The summed E-state index contributed by atoms with van der Waals surface area (Å²) in [5, 5.41) is 7.47. The highest BCUT2D eigenvalue weighted by atomic mass is 16.3. The third-order valence-electron chi connectivity index (χ3n) is 9.36. The second-order valence-electron chi connectivity index (χ2n) is 12.2. The van der Waals surface area contributed by atoms with Gasteiger partial charge in [0.05, 0.1) is 5.52 Å². The minimum Gasteiger partial charge on any atom is -0.456 e. The molecule has 0 atom stereocenters. The lowest BCUT2D eigenvalue weighted by Gasteiger charge is -2.14. The van der Waals surface area contributed by atoms with Crippen LogP contribution < -0.4 is 0 Å². The number of pyridine rings is 1. The van der Waals surface area contributed by atoms with E-state index in [0.29, 0.717) is 17.5 Å². The summed E-state index contributed by atoms with van der Waals surface area (Å²) in [6, 6.07) is 52.0. The molecule has 0 aliphatic rings. The monoisotopic (exact) mass is 626 g/mol. The van der Waals surface area contributed by atoms with Crippen molar-refractivity contribution in [3.63, 3.8) is 0 Å². The van der Waals surface area contributed by atoms with Gasteiger partial charge in [-0.25, -0.2) is 15.0 Å². The maximum atomic E-state index is 6.27. The molecule has 0 bridgehead atoms. The van der Waals surface area contributed by atoms with Crippen LogP contribution in [0.15, 0.2) is 162 Å². The molecular formula is C44H26N4O. The van der Waals surface area contributed by atoms with Gasteiger partial charge < -0.3 is 4.42 Å². The fourth-order valence-corrected chi connectivity index (χ4v) is 7.06. The van der Waals surface area contributed by atoms with Crippen LogP contribution in [-0.2, 0) is 0 Å². The highest BCUT2D eigenvalue weighted by molar-refractivity contribution is 6.22. The van der Waals surface area contributed by atoms with Crippen LogP contribution in [0.5, 0.6) is 0 Å². The molecule has 0 aliphatic carbocycles. The number of hydrogen-bond acceptors (Lipinski definition) is 5. The fraction of sp³-hybridized carbons (Fsp3) is 0. The fourth-order valence-electron chi connectivity index (χ4n) is 7.06. The Morgan fingerprint density at radius 2 is 1.06 bits per heavy atom. The minimum absolute atomic E-state index is 0.588. The molecule has 228 valence electrons. The summed E-state index contributed by atoms with van der Waals surface area (Å²) in [4.78, 5) is 20.5. The minimum atomic E-state index is 0.588. The predicted molar refractivity (Wildman–Crippen MR) is 199 cm³/mol. The van der Waals surface area contributed by atoms with Gasteiger partial charge in [-0.15, -0.1) is 0 Å². The Morgan fingerprint density at radius 3 is 1.94 bits per heavy atom. The summed E-state index contributed by atoms with van der Waals surface area (Å²) in [6.07, 6.45) is 1.86. The zero-order chi connectivity index (χ0) is 32.3. The van der Waals surface area contributed by atoms with Gasteiger partial charge in [-0.1, -0.05) is 127 Å². The maximum Gasteiger partial charge on any atom is 0.164 e. The molecule has 49 heavy (non-hydrogen) atoms. The molecular weight excluding hydrogens is 601 g/mol. The van der Waals surface area contributed by atoms with Gasteiger partial charge in [0.2, 0.25) is 0 Å². The van der Waals surface area contributed by atoms with Crippen LogP contribution in [0.25, 0.3) is 99.7 Å². The molecule has 0 fully saturated rings. The van der Waals surface area contributed by atoms with Gasteiger partial charge in [0, 0.05) is 44.4 Å². The lowest BCUT2D eigenvalue weighted by Crippen LogP contribution is -2.01. The molecule has 3 aromatic heterocycles. The van der Waals surface area contributed by atoms with Gasteiger partial charge in [-0.3, -0.25) is 4.98 Å². The zero-order valence-electron chi connectivity index (χ0n) is 26.2. The van der Waals surface area contributed by atoms with Crippen LogP contribution in [-0.4, -0.2) is 19.9 Å². The second-order valence-corrected chi connectivity index (χ2v) is 12.2. The molecule has 10 aromatic rings. The van der Waals surface area contributed by atoms with E-state index in [0.717, 1.165) is 82.2 Å². The van der Waals surface area contributed by atoms with Crippen molar-refractivity contribution in [3.8, 4) is 45.3 Å². The number of furan rings is 1. The van der Waals surface area contributed by atoms with Gasteiger partial charge in [0.1, 0.15) is 11.2 Å². The van der Waals surface area contributed by atoms with Gasteiger partial charge >= 0.3 is 0 Å². The van der Waals surface area contributed by atoms with Crippen molar-refractivity contribution in [2.75, 3.05) is 0 Å². The number of fused-ring (bicyclic) bond motifs is 8. The first-order valence-electron chi connectivity index (χ1n) is 16.3. The van der Waals surface area contributed by atoms with Crippen LogP contribution in [0.4, 0.5) is 0 Å². The average Bonchev–Trinajstić information content (AvgIpc) is 3.57. The molecule has 0 radical (unpaired) electrons. The van der Waals surface area contributed by atoms with E-state index in [1.54, 1.807) is 0 Å². The van der Waals surface area contributed by atoms with E-state index in [9.17, 15) is 0 Å². The van der Waals surface area contributed by atoms with Crippen LogP contribution in [0, 0.1) is 0 Å². The van der Waals surface area contributed by atoms with Gasteiger partial charge in [-0.05, 0) is 51.6 Å². The van der Waals surface area contributed by atoms with E-state index in [2.05, 4.69) is 109 Å². The number of benzene rings is 7. The smallest absolute Gasteiger partial charge is 0.164 e. The lowest BCUT2D eigenvalue weighted by atomic mass is 9.94. The topological polar surface area (TPSA) is 64.7 Å². The Hall–Kier alpha value is -6.72. The van der Waals surface area contributed by atoms with Crippen molar-refractivity contribution in [2.45, 2.75) is 0 Å². The molecule has 10 rings (SSSR count). The Kier molecular flexibility index (Phi) is 6.11. The van der Waals surface area contributed by atoms with E-state index in [-0.39, 0.29) is 0 Å². The van der Waals surface area contributed by atoms with Crippen LogP contribution in [0.3, 0.4) is 0 Å². The number of rotatable bonds is 4. The predicted octanol–water partition coefficient (Wildman–Crippen LogP) is 11.3. The summed E-state index contributed by atoms with van der Waals surface area (Å²) in [7, 11) is 0. The number of nitrogens with zero attached hydrogens (tertiary/aromatic N) is 4. The third-order valence-corrected chi connectivity index (χ3v) is 9.36. The molecule has 5 nitrogen and oxygen atoms in total. The molecule has 0 spiro atoms. The first kappa shape index (κ1) is 27.4. The Labute approximate surface area is 281 Å². The molecule has 3 heterocycles. The Morgan fingerprint density at radius 1 is 0.388 bits per heavy atom. The maximum absolute atomic E-state index is 6.27. The number of para-hydroxylation sites is 1. The Bertz CT molecular complexity index is 2860. The van der Waals surface area contributed by atoms with Crippen LogP contribution in [0.2, 0.25) is 0 Å². The summed E-state index contributed by atoms with van der Waals surface area (Å²) in [5.41, 5.74) is 7.60. The van der Waals surface area contributed by atoms with E-state index < -0.39 is 0 Å². The largest absolute Gasteiger partial charge is 0.456 e. The summed E-state index contributed by atoms with van der Waals surface area (Å²) >= 11 is 0. The third kappa shape index (κ3) is 4.48. The number of aromatic nitrogens is 4. The van der Waals surface area contributed by atoms with Crippen molar-refractivity contribution in [1.29, 1.82) is 0 Å². The average molecular weight is 627 g/mol. The molecule has 0 unspecified atom stereocenters. The molecule has 0 saturated heterocycles. The quantitative estimate of drug-likeness (QED) is 0.182. The van der Waals surface area contributed by atoms with E-state index >= 15 is 0 Å². The van der Waals surface area contributed by atoms with Crippen molar-refractivity contribution < 1.29 is 4.42 Å². The van der Waals surface area contributed by atoms with Gasteiger partial charge in [0.15, 0.2) is 17.5 Å². The lowest BCUT2D eigenvalue weighted by molar-refractivity contribution is 0.669. The number of hydrogen-bond donors (Lipinski definition) is 0. The standard InChI is InChI=1S/C44H26N4O/c1-2-10-27(11-3-1)28-19-21-30(22-20-28)42-46-43(35-16-8-18-38-39(35)34-15-6-7-17-37(34)49-38)48-44(47-42)36-26-31-12-4-5-14-32(31)40-33(36)24-23-29-13-9-25-45-41(29)40/h1-26H. The van der Waals surface area contributed by atoms with Crippen molar-refractivity contribution in [3.05, 3.63) is 158 Å². The van der Waals surface area contributed by atoms with E-state index in [1.165, 1.54) is 0 Å². The highest BCUT2D eigenvalue weighted by Gasteiger charge is 2.20. The molecule has 5 heteroatoms. The molecule has 0 aliphatic heterocycles. The molecule has 0 N–H and O–H groups in total. The van der Waals surface area contributed by atoms with E-state index in [4.69, 9.17) is 24.4 Å². The van der Waals surface area contributed by atoms with Crippen LogP contribution in [0.1, 0.15) is 0 Å². The van der Waals surface area contributed by atoms with E-state index in [1.807, 2.05) is 48.7 Å². The summed E-state index contributed by atoms with van der Waals surface area (Å²) in [6.45, 7) is 0. The second kappa shape index (κ2) is 10.9. The SMILES string of the molecule is c1ccc(-c2ccc(-c3nc(-c4cc5ccccc5c5c4ccc4cccnc45)nc(-c4cccc5oc6ccccc6c45)n3)cc2)cc1. The molecule has 7 aromatic carbocycles. The van der Waals surface area contributed by atoms with Crippen molar-refractivity contribution in [1.82, 2.24) is 19.9 Å². The zero-order valence-corrected chi connectivity index (χ0v) is 26.2. The first-order valence-corrected chi connectivity index (χ1v) is 16.3. The van der Waals surface area contributed by atoms with Gasteiger partial charge in [0.25, 0.3) is 0 Å². The van der Waals surface area contributed by atoms with Crippen molar-refractivity contribution >= 4 is 54.4 Å². The first-order chi connectivity index (χ1) is 24.3. The van der Waals surface area contributed by atoms with Crippen LogP contribution >= 0.6 is 0 Å². The summed E-state index contributed by atoms with van der Waals surface area (Å²) < 4.78 is 6.27. The van der Waals surface area contributed by atoms with Crippen molar-refractivity contribution in [2.24, 2.45) is 0 Å².